The topological polar surface area (TPSA) is 76.8 Å². The Balaban J connectivity index is 1.77. The lowest BCUT2D eigenvalue weighted by atomic mass is 9.84. The van der Waals surface area contributed by atoms with E-state index in [1.807, 2.05) is 47.4 Å². The molecule has 0 saturated heterocycles. The lowest BCUT2D eigenvalue weighted by Gasteiger charge is -2.24. The second-order valence-electron chi connectivity index (χ2n) is 7.66. The molecule has 5 nitrogen and oxygen atoms in total. The Labute approximate surface area is 192 Å². The number of aliphatic hydroxyl groups excluding tert-OH is 2. The first kappa shape index (κ1) is 22.1. The molecule has 4 aromatic rings. The average Bonchev–Trinajstić information content (AvgIpc) is 2.80. The molecule has 1 aromatic heterocycles. The summed E-state index contributed by atoms with van der Waals surface area (Å²) in [6.07, 6.45) is 1.45. The van der Waals surface area contributed by atoms with E-state index < -0.39 is 0 Å². The third kappa shape index (κ3) is 4.86. The van der Waals surface area contributed by atoms with Crippen molar-refractivity contribution in [3.05, 3.63) is 101 Å². The highest BCUT2D eigenvalue weighted by molar-refractivity contribution is 6.30. The number of rotatable bonds is 8. The van der Waals surface area contributed by atoms with E-state index >= 15 is 0 Å². The predicted molar refractivity (Wildman–Crippen MR) is 129 cm³/mol. The van der Waals surface area contributed by atoms with Crippen LogP contribution < -0.4 is 4.90 Å². The number of benzene rings is 3. The van der Waals surface area contributed by atoms with Crippen LogP contribution >= 0.6 is 11.6 Å². The maximum Gasteiger partial charge on any atom is 0.134 e. The summed E-state index contributed by atoms with van der Waals surface area (Å²) < 4.78 is 0. The van der Waals surface area contributed by atoms with Gasteiger partial charge in [-0.05, 0) is 59.2 Å². The summed E-state index contributed by atoms with van der Waals surface area (Å²) in [6.45, 7) is 0.962. The largest absolute Gasteiger partial charge is 0.506 e. The van der Waals surface area contributed by atoms with E-state index in [1.54, 1.807) is 6.07 Å². The van der Waals surface area contributed by atoms with E-state index in [4.69, 9.17) is 11.6 Å². The van der Waals surface area contributed by atoms with Crippen molar-refractivity contribution in [2.45, 2.75) is 5.92 Å². The average molecular weight is 449 g/mol. The third-order valence-corrected chi connectivity index (χ3v) is 5.81. The lowest BCUT2D eigenvalue weighted by Crippen LogP contribution is -2.29. The van der Waals surface area contributed by atoms with Crippen molar-refractivity contribution in [1.29, 1.82) is 0 Å². The Morgan fingerprint density at radius 3 is 2.00 bits per heavy atom. The fourth-order valence-electron chi connectivity index (χ4n) is 4.04. The molecule has 32 heavy (non-hydrogen) atoms. The molecule has 1 unspecified atom stereocenters. The fraction of sp³-hybridized carbons (Fsp3) is 0.192. The van der Waals surface area contributed by atoms with Crippen molar-refractivity contribution in [3.8, 4) is 5.75 Å². The van der Waals surface area contributed by atoms with E-state index in [2.05, 4.69) is 29.2 Å². The van der Waals surface area contributed by atoms with Crippen LogP contribution in [0.3, 0.4) is 0 Å². The van der Waals surface area contributed by atoms with Crippen LogP contribution in [0.4, 0.5) is 5.69 Å². The van der Waals surface area contributed by atoms with E-state index in [0.717, 1.165) is 33.3 Å². The second-order valence-corrected chi connectivity index (χ2v) is 8.09. The molecule has 4 rings (SSSR count). The number of anilines is 1. The first-order valence-electron chi connectivity index (χ1n) is 10.5. The minimum Gasteiger partial charge on any atom is -0.506 e. The molecular weight excluding hydrogens is 424 g/mol. The number of aromatic nitrogens is 1. The highest BCUT2D eigenvalue weighted by Crippen LogP contribution is 2.35. The zero-order valence-corrected chi connectivity index (χ0v) is 18.3. The quantitative estimate of drug-likeness (QED) is 0.344. The van der Waals surface area contributed by atoms with Gasteiger partial charge in [-0.15, -0.1) is 0 Å². The Bertz CT molecular complexity index is 1170. The van der Waals surface area contributed by atoms with E-state index in [0.29, 0.717) is 18.1 Å². The molecule has 0 fully saturated rings. The van der Waals surface area contributed by atoms with Crippen molar-refractivity contribution in [3.63, 3.8) is 0 Å². The van der Waals surface area contributed by atoms with Crippen LogP contribution in [-0.4, -0.2) is 46.6 Å². The van der Waals surface area contributed by atoms with Crippen molar-refractivity contribution < 1.29 is 15.3 Å². The van der Waals surface area contributed by atoms with Crippen LogP contribution in [0.25, 0.3) is 10.9 Å². The highest BCUT2D eigenvalue weighted by atomic mass is 35.5. The van der Waals surface area contributed by atoms with Crippen LogP contribution in [0.1, 0.15) is 22.6 Å². The molecule has 0 saturated carbocycles. The summed E-state index contributed by atoms with van der Waals surface area (Å²) in [7, 11) is 0. The fourth-order valence-corrected chi connectivity index (χ4v) is 4.17. The monoisotopic (exact) mass is 448 g/mol. The van der Waals surface area contributed by atoms with Crippen LogP contribution in [0.2, 0.25) is 5.02 Å². The molecule has 0 bridgehead atoms. The molecular formula is C26H25ClN2O3. The molecule has 0 aliphatic heterocycles. The van der Waals surface area contributed by atoms with Gasteiger partial charge in [0.25, 0.3) is 0 Å². The number of hydrogen-bond donors (Lipinski definition) is 3. The molecule has 3 N–H and O–H groups in total. The Hall–Kier alpha value is -3.12. The molecule has 0 aliphatic carbocycles. The Kier molecular flexibility index (Phi) is 6.90. The number of aliphatic hydroxyl groups is 2. The normalized spacial score (nSPS) is 12.1. The van der Waals surface area contributed by atoms with Gasteiger partial charge in [-0.3, -0.25) is 4.98 Å². The van der Waals surface area contributed by atoms with Gasteiger partial charge in [0, 0.05) is 35.1 Å². The minimum absolute atomic E-state index is 0.0210. The van der Waals surface area contributed by atoms with Crippen molar-refractivity contribution in [1.82, 2.24) is 4.98 Å². The zero-order chi connectivity index (χ0) is 22.5. The van der Waals surface area contributed by atoms with Crippen molar-refractivity contribution in [2.75, 3.05) is 31.2 Å². The summed E-state index contributed by atoms with van der Waals surface area (Å²) in [5, 5.41) is 30.1. The molecule has 0 radical (unpaired) electrons. The summed E-state index contributed by atoms with van der Waals surface area (Å²) in [5.74, 6) is 0.0899. The van der Waals surface area contributed by atoms with Crippen LogP contribution in [0.15, 0.2) is 79.0 Å². The number of aromatic hydroxyl groups is 1. The third-order valence-electron chi connectivity index (χ3n) is 5.56. The molecule has 1 atom stereocenters. The SMILES string of the molecule is OCCN(CCO)c1ccc(C(c2ccc(Cl)cc2)c2ccc3ncc(O)cc3c2)cc1. The van der Waals surface area contributed by atoms with Gasteiger partial charge in [-0.2, -0.15) is 0 Å². The number of halogens is 1. The number of pyridine rings is 1. The van der Waals surface area contributed by atoms with Crippen molar-refractivity contribution >= 4 is 28.2 Å². The van der Waals surface area contributed by atoms with Crippen LogP contribution in [0, 0.1) is 0 Å². The van der Waals surface area contributed by atoms with Gasteiger partial charge >= 0.3 is 0 Å². The summed E-state index contributed by atoms with van der Waals surface area (Å²) >= 11 is 6.14. The van der Waals surface area contributed by atoms with E-state index in [-0.39, 0.29) is 24.9 Å². The van der Waals surface area contributed by atoms with E-state index in [9.17, 15) is 15.3 Å². The van der Waals surface area contributed by atoms with Gasteiger partial charge < -0.3 is 20.2 Å². The minimum atomic E-state index is -0.0443. The smallest absolute Gasteiger partial charge is 0.134 e. The molecule has 0 aliphatic rings. The Morgan fingerprint density at radius 2 is 1.38 bits per heavy atom. The van der Waals surface area contributed by atoms with Gasteiger partial charge in [0.1, 0.15) is 5.75 Å². The number of hydrogen-bond acceptors (Lipinski definition) is 5. The predicted octanol–water partition coefficient (Wildman–Crippen LogP) is 4.57. The second kappa shape index (κ2) is 10.0. The highest BCUT2D eigenvalue weighted by Gasteiger charge is 2.18. The van der Waals surface area contributed by atoms with Gasteiger partial charge in [0.2, 0.25) is 0 Å². The van der Waals surface area contributed by atoms with Gasteiger partial charge in [-0.1, -0.05) is 41.9 Å². The van der Waals surface area contributed by atoms with Gasteiger partial charge in [0.15, 0.2) is 0 Å². The molecule has 6 heteroatoms. The van der Waals surface area contributed by atoms with Crippen LogP contribution in [0.5, 0.6) is 5.75 Å². The van der Waals surface area contributed by atoms with Crippen molar-refractivity contribution in [2.24, 2.45) is 0 Å². The lowest BCUT2D eigenvalue weighted by molar-refractivity contribution is 0.281. The first-order chi connectivity index (χ1) is 15.6. The molecule has 164 valence electrons. The summed E-state index contributed by atoms with van der Waals surface area (Å²) in [4.78, 5) is 6.24. The molecule has 0 spiro atoms. The summed E-state index contributed by atoms with van der Waals surface area (Å²) in [6, 6.07) is 23.8. The zero-order valence-electron chi connectivity index (χ0n) is 17.5. The number of fused-ring (bicyclic) bond motifs is 1. The maximum absolute atomic E-state index is 9.88. The first-order valence-corrected chi connectivity index (χ1v) is 10.9. The molecule has 0 amide bonds. The molecule has 1 heterocycles. The van der Waals surface area contributed by atoms with Gasteiger partial charge in [0.05, 0.1) is 24.9 Å². The standard InChI is InChI=1S/C26H25ClN2O3/c27-22-6-1-18(2-7-22)26(20-5-10-25-21(15-20)16-24(32)17-28-25)19-3-8-23(9-4-19)29(11-13-30)12-14-31/h1-10,15-17,26,30-32H,11-14H2. The van der Waals surface area contributed by atoms with E-state index in [1.165, 1.54) is 6.20 Å². The number of nitrogens with zero attached hydrogens (tertiary/aromatic N) is 2. The van der Waals surface area contributed by atoms with Crippen LogP contribution in [-0.2, 0) is 0 Å². The van der Waals surface area contributed by atoms with Gasteiger partial charge in [-0.25, -0.2) is 0 Å². The maximum atomic E-state index is 9.88. The Morgan fingerprint density at radius 1 is 0.781 bits per heavy atom. The summed E-state index contributed by atoms with van der Waals surface area (Å²) in [5.41, 5.74) is 5.02. The molecule has 3 aromatic carbocycles.